The Balaban J connectivity index is 1.68. The van der Waals surface area contributed by atoms with E-state index in [0.29, 0.717) is 16.8 Å². The molecular weight excluding hydrogens is 325 g/mol. The van der Waals surface area contributed by atoms with Crippen LogP contribution in [-0.2, 0) is 11.3 Å². The van der Waals surface area contributed by atoms with E-state index in [1.165, 1.54) is 19.1 Å². The number of benzene rings is 2. The number of hydrogen-bond acceptors (Lipinski definition) is 5. The first kappa shape index (κ1) is 16.4. The van der Waals surface area contributed by atoms with Crippen LogP contribution in [0.5, 0.6) is 0 Å². The van der Waals surface area contributed by atoms with Crippen molar-refractivity contribution in [2.45, 2.75) is 13.5 Å². The fourth-order valence-corrected chi connectivity index (χ4v) is 2.20. The van der Waals surface area contributed by atoms with Crippen molar-refractivity contribution in [1.29, 1.82) is 0 Å². The maximum Gasteiger partial charge on any atom is 0.248 e. The van der Waals surface area contributed by atoms with Crippen LogP contribution in [0.4, 0.5) is 10.1 Å². The van der Waals surface area contributed by atoms with Gasteiger partial charge in [0.15, 0.2) is 5.78 Å². The van der Waals surface area contributed by atoms with Gasteiger partial charge in [0.1, 0.15) is 12.4 Å². The number of hydrogen-bond donors (Lipinski definition) is 1. The lowest BCUT2D eigenvalue weighted by Gasteiger charge is -2.05. The van der Waals surface area contributed by atoms with Crippen LogP contribution in [0.3, 0.4) is 0 Å². The molecule has 7 nitrogen and oxygen atoms in total. The molecule has 3 rings (SSSR count). The van der Waals surface area contributed by atoms with Crippen LogP contribution in [0.2, 0.25) is 0 Å². The molecule has 2 aromatic carbocycles. The van der Waals surface area contributed by atoms with E-state index in [0.717, 1.165) is 4.80 Å². The molecule has 0 spiro atoms. The maximum absolute atomic E-state index is 13.2. The predicted molar refractivity (Wildman–Crippen MR) is 88.3 cm³/mol. The minimum absolute atomic E-state index is 0.0891. The van der Waals surface area contributed by atoms with Gasteiger partial charge in [0.25, 0.3) is 0 Å². The summed E-state index contributed by atoms with van der Waals surface area (Å²) in [6, 6.07) is 12.4. The fraction of sp³-hybridized carbons (Fsp3) is 0.118. The third-order valence-corrected chi connectivity index (χ3v) is 3.37. The molecule has 0 aliphatic heterocycles. The second kappa shape index (κ2) is 7.00. The predicted octanol–water partition coefficient (Wildman–Crippen LogP) is 2.32. The molecule has 0 aliphatic carbocycles. The summed E-state index contributed by atoms with van der Waals surface area (Å²) in [6.07, 6.45) is 0. The molecule has 25 heavy (non-hydrogen) atoms. The van der Waals surface area contributed by atoms with E-state index in [-0.39, 0.29) is 24.1 Å². The third-order valence-electron chi connectivity index (χ3n) is 3.37. The highest BCUT2D eigenvalue weighted by atomic mass is 19.1. The lowest BCUT2D eigenvalue weighted by atomic mass is 10.1. The van der Waals surface area contributed by atoms with Crippen LogP contribution < -0.4 is 5.32 Å². The van der Waals surface area contributed by atoms with Crippen molar-refractivity contribution in [1.82, 2.24) is 20.2 Å². The molecule has 0 aliphatic rings. The number of carbonyl (C=O) groups excluding carboxylic acids is 2. The maximum atomic E-state index is 13.2. The van der Waals surface area contributed by atoms with Crippen LogP contribution in [0.15, 0.2) is 48.5 Å². The number of anilines is 1. The Hall–Kier alpha value is -3.42. The van der Waals surface area contributed by atoms with E-state index in [1.54, 1.807) is 36.4 Å². The average Bonchev–Trinajstić information content (AvgIpc) is 3.03. The van der Waals surface area contributed by atoms with Gasteiger partial charge in [-0.1, -0.05) is 24.3 Å². The number of tetrazole rings is 1. The zero-order valence-electron chi connectivity index (χ0n) is 13.3. The molecule has 3 aromatic rings. The molecule has 0 unspecified atom stereocenters. The van der Waals surface area contributed by atoms with Gasteiger partial charge in [0.2, 0.25) is 11.7 Å². The van der Waals surface area contributed by atoms with Gasteiger partial charge in [0, 0.05) is 16.8 Å². The standard InChI is InChI=1S/C17H14FN5O2/c1-11(24)12-4-3-7-15(9-12)19-16(25)10-23-21-17(20-22-23)13-5-2-6-14(18)8-13/h2-9H,10H2,1H3,(H,19,25). The number of Topliss-reactive ketones (excluding diaryl/α,β-unsaturated/α-hetero) is 1. The van der Waals surface area contributed by atoms with E-state index < -0.39 is 5.82 Å². The summed E-state index contributed by atoms with van der Waals surface area (Å²) in [5.74, 6) is -0.638. The number of amides is 1. The van der Waals surface area contributed by atoms with Crippen LogP contribution in [0.25, 0.3) is 11.4 Å². The van der Waals surface area contributed by atoms with Crippen molar-refractivity contribution in [3.8, 4) is 11.4 Å². The largest absolute Gasteiger partial charge is 0.324 e. The number of nitrogens with zero attached hydrogens (tertiary/aromatic N) is 4. The minimum atomic E-state index is -0.406. The van der Waals surface area contributed by atoms with Crippen molar-refractivity contribution >= 4 is 17.4 Å². The molecule has 0 saturated heterocycles. The zero-order chi connectivity index (χ0) is 17.8. The molecule has 0 bridgehead atoms. The monoisotopic (exact) mass is 339 g/mol. The molecule has 8 heteroatoms. The number of halogens is 1. The number of aromatic nitrogens is 4. The summed E-state index contributed by atoms with van der Waals surface area (Å²) in [5, 5.41) is 14.3. The zero-order valence-corrected chi connectivity index (χ0v) is 13.3. The van der Waals surface area contributed by atoms with Gasteiger partial charge in [-0.25, -0.2) is 4.39 Å². The molecule has 0 radical (unpaired) electrons. The van der Waals surface area contributed by atoms with Crippen LogP contribution >= 0.6 is 0 Å². The normalized spacial score (nSPS) is 10.5. The Morgan fingerprint density at radius 3 is 2.72 bits per heavy atom. The van der Waals surface area contributed by atoms with E-state index in [1.807, 2.05) is 0 Å². The Kier molecular flexibility index (Phi) is 4.60. The molecule has 1 amide bonds. The topological polar surface area (TPSA) is 89.8 Å². The van der Waals surface area contributed by atoms with Gasteiger partial charge in [-0.3, -0.25) is 9.59 Å². The Bertz CT molecular complexity index is 938. The van der Waals surface area contributed by atoms with Gasteiger partial charge >= 0.3 is 0 Å². The average molecular weight is 339 g/mol. The van der Waals surface area contributed by atoms with Crippen LogP contribution in [-0.4, -0.2) is 31.9 Å². The van der Waals surface area contributed by atoms with Gasteiger partial charge in [-0.15, -0.1) is 10.2 Å². The van der Waals surface area contributed by atoms with Crippen LogP contribution in [0.1, 0.15) is 17.3 Å². The molecule has 1 N–H and O–H groups in total. The Morgan fingerprint density at radius 1 is 1.16 bits per heavy atom. The smallest absolute Gasteiger partial charge is 0.248 e. The van der Waals surface area contributed by atoms with Crippen molar-refractivity contribution in [2.24, 2.45) is 0 Å². The Labute approximate surface area is 142 Å². The molecule has 0 fully saturated rings. The summed E-state index contributed by atoms with van der Waals surface area (Å²) in [6.45, 7) is 1.29. The molecule has 0 atom stereocenters. The lowest BCUT2D eigenvalue weighted by Crippen LogP contribution is -2.20. The molecule has 1 heterocycles. The third kappa shape index (κ3) is 4.11. The van der Waals surface area contributed by atoms with E-state index in [2.05, 4.69) is 20.7 Å². The first-order chi connectivity index (χ1) is 12.0. The second-order valence-electron chi connectivity index (χ2n) is 5.34. The van der Waals surface area contributed by atoms with E-state index >= 15 is 0 Å². The number of rotatable bonds is 5. The highest BCUT2D eigenvalue weighted by Gasteiger charge is 2.10. The number of carbonyl (C=O) groups is 2. The summed E-state index contributed by atoms with van der Waals surface area (Å²) in [7, 11) is 0. The molecule has 0 saturated carbocycles. The van der Waals surface area contributed by atoms with Crippen LogP contribution in [0, 0.1) is 5.82 Å². The molecule has 126 valence electrons. The van der Waals surface area contributed by atoms with Gasteiger partial charge in [0.05, 0.1) is 0 Å². The van der Waals surface area contributed by atoms with Crippen molar-refractivity contribution in [3.05, 3.63) is 59.9 Å². The highest BCUT2D eigenvalue weighted by Crippen LogP contribution is 2.14. The van der Waals surface area contributed by atoms with Gasteiger partial charge in [-0.2, -0.15) is 4.80 Å². The van der Waals surface area contributed by atoms with Crippen molar-refractivity contribution in [3.63, 3.8) is 0 Å². The first-order valence-corrected chi connectivity index (χ1v) is 7.46. The SMILES string of the molecule is CC(=O)c1cccc(NC(=O)Cn2nnc(-c3cccc(F)c3)n2)c1. The van der Waals surface area contributed by atoms with Gasteiger partial charge in [-0.05, 0) is 36.4 Å². The highest BCUT2D eigenvalue weighted by molar-refractivity contribution is 5.97. The molecule has 1 aromatic heterocycles. The summed E-state index contributed by atoms with van der Waals surface area (Å²) in [5.41, 5.74) is 1.48. The fourth-order valence-electron chi connectivity index (χ4n) is 2.20. The van der Waals surface area contributed by atoms with E-state index in [9.17, 15) is 14.0 Å². The lowest BCUT2D eigenvalue weighted by molar-refractivity contribution is -0.117. The van der Waals surface area contributed by atoms with Gasteiger partial charge < -0.3 is 5.32 Å². The Morgan fingerprint density at radius 2 is 1.96 bits per heavy atom. The number of ketones is 1. The van der Waals surface area contributed by atoms with Crippen molar-refractivity contribution in [2.75, 3.05) is 5.32 Å². The summed E-state index contributed by atoms with van der Waals surface area (Å²) >= 11 is 0. The summed E-state index contributed by atoms with van der Waals surface area (Å²) in [4.78, 5) is 24.6. The minimum Gasteiger partial charge on any atom is -0.324 e. The van der Waals surface area contributed by atoms with E-state index in [4.69, 9.17) is 0 Å². The summed E-state index contributed by atoms with van der Waals surface area (Å²) < 4.78 is 13.2. The first-order valence-electron chi connectivity index (χ1n) is 7.46. The second-order valence-corrected chi connectivity index (χ2v) is 5.34. The van der Waals surface area contributed by atoms with Crippen molar-refractivity contribution < 1.29 is 14.0 Å². The number of nitrogens with one attached hydrogen (secondary N) is 1. The quantitative estimate of drug-likeness (QED) is 0.721. The molecular formula is C17H14FN5O2.